The number of carbonyl (C=O) groups excluding carboxylic acids is 1. The fourth-order valence-electron chi connectivity index (χ4n) is 5.88. The summed E-state index contributed by atoms with van der Waals surface area (Å²) in [6.07, 6.45) is 11.5. The van der Waals surface area contributed by atoms with Gasteiger partial charge in [0.15, 0.2) is 0 Å². The molecule has 1 fully saturated rings. The molecule has 1 aromatic carbocycles. The number of rotatable bonds is 3. The van der Waals surface area contributed by atoms with Crippen molar-refractivity contribution in [2.24, 2.45) is 0 Å². The monoisotopic (exact) mass is 461 g/mol. The van der Waals surface area contributed by atoms with Gasteiger partial charge in [0.05, 0.1) is 25.4 Å². The molecule has 1 atom stereocenters. The van der Waals surface area contributed by atoms with Gasteiger partial charge in [-0.3, -0.25) is 0 Å². The fourth-order valence-corrected chi connectivity index (χ4v) is 7.28. The number of fused-ring (bicyclic) bond motifs is 5. The molecule has 6 heteroatoms. The number of ether oxygens (including phenoxy) is 1. The normalized spacial score (nSPS) is 20.0. The lowest BCUT2D eigenvalue weighted by Crippen LogP contribution is -2.45. The highest BCUT2D eigenvalue weighted by atomic mass is 32.1. The molecular weight excluding hydrogens is 430 g/mol. The van der Waals surface area contributed by atoms with E-state index in [1.54, 1.807) is 7.11 Å². The van der Waals surface area contributed by atoms with E-state index in [1.165, 1.54) is 46.7 Å². The Hall–Kier alpha value is -2.73. The second-order valence-electron chi connectivity index (χ2n) is 9.54. The fraction of sp³-hybridized carbons (Fsp3) is 0.444. The van der Waals surface area contributed by atoms with E-state index in [2.05, 4.69) is 45.2 Å². The Morgan fingerprint density at radius 3 is 2.76 bits per heavy atom. The predicted molar refractivity (Wildman–Crippen MR) is 131 cm³/mol. The van der Waals surface area contributed by atoms with Gasteiger partial charge < -0.3 is 19.5 Å². The molecule has 0 bridgehead atoms. The summed E-state index contributed by atoms with van der Waals surface area (Å²) in [4.78, 5) is 17.4. The Morgan fingerprint density at radius 1 is 1.06 bits per heavy atom. The van der Waals surface area contributed by atoms with Crippen LogP contribution < -0.4 is 10.1 Å². The second-order valence-corrected chi connectivity index (χ2v) is 10.6. The van der Waals surface area contributed by atoms with Crippen LogP contribution in [0.25, 0.3) is 5.00 Å². The third-order valence-electron chi connectivity index (χ3n) is 7.53. The molecule has 3 heterocycles. The van der Waals surface area contributed by atoms with Crippen LogP contribution in [0.4, 0.5) is 4.79 Å². The molecule has 1 aliphatic heterocycles. The molecule has 3 aromatic rings. The van der Waals surface area contributed by atoms with Gasteiger partial charge in [-0.05, 0) is 73.9 Å². The van der Waals surface area contributed by atoms with E-state index in [9.17, 15) is 4.79 Å². The first-order chi connectivity index (χ1) is 16.2. The maximum Gasteiger partial charge on any atom is 0.318 e. The van der Waals surface area contributed by atoms with Crippen molar-refractivity contribution in [3.05, 3.63) is 69.9 Å². The number of nitrogens with zero attached hydrogens (tertiary/aromatic N) is 2. The summed E-state index contributed by atoms with van der Waals surface area (Å²) in [5, 5.41) is 4.68. The molecular formula is C27H31N3O2S. The van der Waals surface area contributed by atoms with Gasteiger partial charge in [0.2, 0.25) is 0 Å². The van der Waals surface area contributed by atoms with Gasteiger partial charge in [-0.1, -0.05) is 25.0 Å². The number of benzene rings is 1. The van der Waals surface area contributed by atoms with Crippen molar-refractivity contribution in [2.75, 3.05) is 7.11 Å². The average Bonchev–Trinajstić information content (AvgIpc) is 3.58. The van der Waals surface area contributed by atoms with E-state index in [0.717, 1.165) is 42.7 Å². The molecule has 1 saturated carbocycles. The highest BCUT2D eigenvalue weighted by molar-refractivity contribution is 7.15. The van der Waals surface area contributed by atoms with E-state index in [0.29, 0.717) is 6.54 Å². The average molecular weight is 462 g/mol. The molecule has 5 nitrogen and oxygen atoms in total. The van der Waals surface area contributed by atoms with Gasteiger partial charge in [-0.25, -0.2) is 4.79 Å². The van der Waals surface area contributed by atoms with Gasteiger partial charge in [0.25, 0.3) is 0 Å². The Morgan fingerprint density at radius 2 is 1.91 bits per heavy atom. The van der Waals surface area contributed by atoms with Crippen LogP contribution in [0.3, 0.4) is 0 Å². The quantitative estimate of drug-likeness (QED) is 0.521. The van der Waals surface area contributed by atoms with Gasteiger partial charge in [0, 0.05) is 22.7 Å². The standard InChI is InChI=1S/C27H31N3O2S/c1-32-20-11-6-8-18(16-20)25-23-13-7-15-29(23)26-22(21-12-4-5-14-24(21)33-26)17-30(25)27(31)28-19-9-2-3-10-19/h6-8,11,13,15-16,19,25H,2-5,9-10,12,14,17H2,1H3,(H,28,31)/t25-/m0/s1. The maximum atomic E-state index is 13.9. The van der Waals surface area contributed by atoms with Crippen LogP contribution in [0.2, 0.25) is 0 Å². The van der Waals surface area contributed by atoms with Crippen molar-refractivity contribution in [1.29, 1.82) is 0 Å². The molecule has 0 saturated heterocycles. The lowest BCUT2D eigenvalue weighted by Gasteiger charge is -2.32. The largest absolute Gasteiger partial charge is 0.497 e. The third-order valence-corrected chi connectivity index (χ3v) is 8.87. The number of carbonyl (C=O) groups is 1. The van der Waals surface area contributed by atoms with E-state index in [-0.39, 0.29) is 18.1 Å². The van der Waals surface area contributed by atoms with Crippen LogP contribution >= 0.6 is 11.3 Å². The Balaban J connectivity index is 1.49. The zero-order valence-corrected chi connectivity index (χ0v) is 20.0. The lowest BCUT2D eigenvalue weighted by molar-refractivity contribution is 0.176. The topological polar surface area (TPSA) is 46.5 Å². The molecule has 0 unspecified atom stereocenters. The summed E-state index contributed by atoms with van der Waals surface area (Å²) in [6, 6.07) is 12.6. The third kappa shape index (κ3) is 3.65. The van der Waals surface area contributed by atoms with Crippen LogP contribution in [0.5, 0.6) is 5.75 Å². The van der Waals surface area contributed by atoms with E-state index < -0.39 is 0 Å². The summed E-state index contributed by atoms with van der Waals surface area (Å²) in [6.45, 7) is 0.642. The van der Waals surface area contributed by atoms with Gasteiger partial charge in [-0.2, -0.15) is 0 Å². The smallest absolute Gasteiger partial charge is 0.318 e. The van der Waals surface area contributed by atoms with Crippen molar-refractivity contribution in [1.82, 2.24) is 14.8 Å². The number of nitrogens with one attached hydrogen (secondary N) is 1. The zero-order chi connectivity index (χ0) is 22.4. The highest BCUT2D eigenvalue weighted by Gasteiger charge is 2.36. The van der Waals surface area contributed by atoms with Crippen molar-refractivity contribution in [2.45, 2.75) is 70.0 Å². The molecule has 172 valence electrons. The molecule has 2 aliphatic carbocycles. The summed E-state index contributed by atoms with van der Waals surface area (Å²) in [7, 11) is 1.70. The first-order valence-corrected chi connectivity index (χ1v) is 13.1. The molecule has 0 radical (unpaired) electrons. The first-order valence-electron chi connectivity index (χ1n) is 12.2. The number of hydrogen-bond donors (Lipinski definition) is 1. The van der Waals surface area contributed by atoms with Crippen molar-refractivity contribution < 1.29 is 9.53 Å². The Bertz CT molecular complexity index is 1170. The van der Waals surface area contributed by atoms with Crippen LogP contribution in [-0.4, -0.2) is 28.6 Å². The highest BCUT2D eigenvalue weighted by Crippen LogP contribution is 2.44. The number of hydrogen-bond acceptors (Lipinski definition) is 3. The molecule has 1 N–H and O–H groups in total. The minimum Gasteiger partial charge on any atom is -0.497 e. The Labute approximate surface area is 199 Å². The summed E-state index contributed by atoms with van der Waals surface area (Å²) in [5.74, 6) is 0.818. The van der Waals surface area contributed by atoms with Gasteiger partial charge in [-0.15, -0.1) is 11.3 Å². The zero-order valence-electron chi connectivity index (χ0n) is 19.2. The SMILES string of the molecule is COc1cccc([C@H]2c3cccn3-c3sc4c(c3CN2C(=O)NC2CCCC2)CCCC4)c1. The van der Waals surface area contributed by atoms with Crippen LogP contribution in [-0.2, 0) is 19.4 Å². The van der Waals surface area contributed by atoms with E-state index in [4.69, 9.17) is 4.74 Å². The summed E-state index contributed by atoms with van der Waals surface area (Å²) >= 11 is 1.93. The van der Waals surface area contributed by atoms with Gasteiger partial charge >= 0.3 is 6.03 Å². The van der Waals surface area contributed by atoms with Crippen molar-refractivity contribution in [3.8, 4) is 10.8 Å². The summed E-state index contributed by atoms with van der Waals surface area (Å²) in [5.41, 5.74) is 5.06. The second kappa shape index (κ2) is 8.56. The number of aromatic nitrogens is 1. The van der Waals surface area contributed by atoms with E-state index in [1.807, 2.05) is 23.5 Å². The van der Waals surface area contributed by atoms with Crippen molar-refractivity contribution in [3.63, 3.8) is 0 Å². The molecule has 6 rings (SSSR count). The van der Waals surface area contributed by atoms with Crippen molar-refractivity contribution >= 4 is 17.4 Å². The van der Waals surface area contributed by atoms with Crippen LogP contribution in [0.15, 0.2) is 42.6 Å². The minimum atomic E-state index is -0.171. The number of aryl methyl sites for hydroxylation is 1. The lowest BCUT2D eigenvalue weighted by atomic mass is 9.95. The molecule has 2 aromatic heterocycles. The molecule has 0 spiro atoms. The number of thiophene rings is 1. The number of methoxy groups -OCH3 is 1. The molecule has 2 amide bonds. The Kier molecular flexibility index (Phi) is 5.41. The number of amides is 2. The van der Waals surface area contributed by atoms with Crippen LogP contribution in [0.1, 0.15) is 71.8 Å². The summed E-state index contributed by atoms with van der Waals surface area (Å²) < 4.78 is 7.89. The molecule has 33 heavy (non-hydrogen) atoms. The molecule has 3 aliphatic rings. The predicted octanol–water partition coefficient (Wildman–Crippen LogP) is 5.98. The van der Waals surface area contributed by atoms with E-state index >= 15 is 0 Å². The first kappa shape index (κ1) is 20.8. The van der Waals surface area contributed by atoms with Gasteiger partial charge in [0.1, 0.15) is 10.8 Å². The minimum absolute atomic E-state index is 0.0473. The number of urea groups is 1. The van der Waals surface area contributed by atoms with Crippen LogP contribution in [0, 0.1) is 0 Å². The maximum absolute atomic E-state index is 13.9.